The molecule has 1 atom stereocenters. The van der Waals surface area contributed by atoms with Crippen LogP contribution in [0.5, 0.6) is 5.75 Å². The van der Waals surface area contributed by atoms with Crippen LogP contribution in [0.3, 0.4) is 0 Å². The fraction of sp³-hybridized carbons (Fsp3) is 0.538. The predicted octanol–water partition coefficient (Wildman–Crippen LogP) is 3.50. The first-order valence-corrected chi connectivity index (χ1v) is 9.01. The van der Waals surface area contributed by atoms with E-state index in [1.165, 1.54) is 27.3 Å². The van der Waals surface area contributed by atoms with Crippen LogP contribution in [-0.2, 0) is 0 Å². The fourth-order valence-corrected chi connectivity index (χ4v) is 5.32. The van der Waals surface area contributed by atoms with Gasteiger partial charge in [0.25, 0.3) is 0 Å². The van der Waals surface area contributed by atoms with Crippen LogP contribution in [0.4, 0.5) is 0 Å². The van der Waals surface area contributed by atoms with Gasteiger partial charge in [-0.25, -0.2) is 0 Å². The van der Waals surface area contributed by atoms with Gasteiger partial charge < -0.3 is 0 Å². The third-order valence-electron chi connectivity index (χ3n) is 2.76. The van der Waals surface area contributed by atoms with Gasteiger partial charge in [-0.2, -0.15) is 0 Å². The zero-order chi connectivity index (χ0) is 10.5. The zero-order valence-electron chi connectivity index (χ0n) is 9.24. The van der Waals surface area contributed by atoms with Gasteiger partial charge in [0.05, 0.1) is 0 Å². The van der Waals surface area contributed by atoms with Crippen LogP contribution < -0.4 is 4.74 Å². The molecule has 0 fully saturated rings. The molecule has 82 valence electrons. The van der Waals surface area contributed by atoms with Gasteiger partial charge in [-0.05, 0) is 0 Å². The van der Waals surface area contributed by atoms with Gasteiger partial charge in [-0.15, -0.1) is 0 Å². The third-order valence-corrected chi connectivity index (χ3v) is 6.23. The van der Waals surface area contributed by atoms with E-state index in [-0.39, 0.29) is 20.9 Å². The van der Waals surface area contributed by atoms with Crippen molar-refractivity contribution in [2.45, 2.75) is 34.6 Å². The Morgan fingerprint density at radius 2 is 2.27 bits per heavy atom. The Hall–Kier alpha value is -0.190. The molecule has 1 unspecified atom stereocenters. The van der Waals surface area contributed by atoms with Gasteiger partial charge in [-0.3, -0.25) is 0 Å². The monoisotopic (exact) mass is 320 g/mol. The quantitative estimate of drug-likeness (QED) is 0.596. The molecule has 1 heterocycles. The summed E-state index contributed by atoms with van der Waals surface area (Å²) in [5.41, 5.74) is 1.46. The Kier molecular flexibility index (Phi) is 4.35. The second-order valence-corrected chi connectivity index (χ2v) is 7.26. The van der Waals surface area contributed by atoms with Crippen LogP contribution in [0, 0.1) is 0 Å². The molecule has 0 aliphatic carbocycles. The Bertz CT molecular complexity index is 311. The first-order valence-electron chi connectivity index (χ1n) is 5.71. The van der Waals surface area contributed by atoms with E-state index in [0.717, 1.165) is 12.4 Å². The maximum absolute atomic E-state index is 5.69. The molecule has 0 saturated heterocycles. The molecule has 0 radical (unpaired) electrons. The standard InChI is InChI=1S/C13H18OTe/c1-2-3-8-15-10-11-9-14-13-7-5-4-6-12(11)13/h4-7,11H,2-3,8-10H2,1H3. The molecule has 15 heavy (non-hydrogen) atoms. The zero-order valence-corrected chi connectivity index (χ0v) is 11.6. The van der Waals surface area contributed by atoms with Gasteiger partial charge >= 0.3 is 102 Å². The maximum atomic E-state index is 5.69. The second-order valence-electron chi connectivity index (χ2n) is 3.97. The molecule has 0 amide bonds. The molecule has 0 bridgehead atoms. The Labute approximate surface area is 102 Å². The number of ether oxygens (including phenoxy) is 1. The Morgan fingerprint density at radius 1 is 1.40 bits per heavy atom. The van der Waals surface area contributed by atoms with Crippen LogP contribution >= 0.6 is 0 Å². The SMILES string of the molecule is CCCC[Te]CC1COc2ccccc21. The summed E-state index contributed by atoms with van der Waals surface area (Å²) in [4.78, 5) is 0. The van der Waals surface area contributed by atoms with Crippen molar-refractivity contribution in [3.8, 4) is 5.75 Å². The molecule has 1 aromatic rings. The predicted molar refractivity (Wildman–Crippen MR) is 65.0 cm³/mol. The molecule has 2 rings (SSSR count). The van der Waals surface area contributed by atoms with Gasteiger partial charge in [0, 0.05) is 0 Å². The van der Waals surface area contributed by atoms with E-state index in [9.17, 15) is 0 Å². The van der Waals surface area contributed by atoms with Crippen molar-refractivity contribution < 1.29 is 4.74 Å². The van der Waals surface area contributed by atoms with Crippen LogP contribution in [0.2, 0.25) is 8.94 Å². The number of fused-ring (bicyclic) bond motifs is 1. The van der Waals surface area contributed by atoms with Crippen molar-refractivity contribution in [1.29, 1.82) is 0 Å². The van der Waals surface area contributed by atoms with Crippen molar-refractivity contribution in [3.05, 3.63) is 29.8 Å². The average molecular weight is 318 g/mol. The van der Waals surface area contributed by atoms with Crippen molar-refractivity contribution in [2.75, 3.05) is 6.61 Å². The molecule has 0 spiro atoms. The number of para-hydroxylation sites is 1. The van der Waals surface area contributed by atoms with E-state index in [1.54, 1.807) is 0 Å². The van der Waals surface area contributed by atoms with Crippen LogP contribution in [0.1, 0.15) is 31.2 Å². The van der Waals surface area contributed by atoms with Gasteiger partial charge in [0.15, 0.2) is 0 Å². The van der Waals surface area contributed by atoms with Crippen LogP contribution in [0.25, 0.3) is 0 Å². The summed E-state index contributed by atoms with van der Waals surface area (Å²) in [5.74, 6) is 1.84. The Morgan fingerprint density at radius 3 is 3.13 bits per heavy atom. The Balaban J connectivity index is 1.85. The second kappa shape index (κ2) is 5.77. The molecule has 1 aliphatic heterocycles. The summed E-state index contributed by atoms with van der Waals surface area (Å²) in [6.07, 6.45) is 2.78. The van der Waals surface area contributed by atoms with E-state index >= 15 is 0 Å². The van der Waals surface area contributed by atoms with Crippen molar-refractivity contribution >= 4 is 20.9 Å². The fourth-order valence-electron chi connectivity index (χ4n) is 1.84. The summed E-state index contributed by atoms with van der Waals surface area (Å²) < 4.78 is 8.61. The average Bonchev–Trinajstić information content (AvgIpc) is 2.68. The molecule has 2 heteroatoms. The summed E-state index contributed by atoms with van der Waals surface area (Å²) >= 11 is 0.228. The number of hydrogen-bond acceptors (Lipinski definition) is 1. The molecular weight excluding hydrogens is 300 g/mol. The third kappa shape index (κ3) is 2.89. The molecule has 1 aromatic carbocycles. The van der Waals surface area contributed by atoms with E-state index in [0.29, 0.717) is 5.92 Å². The number of benzene rings is 1. The first-order chi connectivity index (χ1) is 7.42. The van der Waals surface area contributed by atoms with E-state index in [1.807, 2.05) is 0 Å². The summed E-state index contributed by atoms with van der Waals surface area (Å²) in [5, 5.41) is 0. The minimum atomic E-state index is 0.228. The van der Waals surface area contributed by atoms with Crippen LogP contribution in [0.15, 0.2) is 24.3 Å². The van der Waals surface area contributed by atoms with Gasteiger partial charge in [-0.1, -0.05) is 0 Å². The molecule has 1 aliphatic rings. The van der Waals surface area contributed by atoms with E-state index < -0.39 is 0 Å². The van der Waals surface area contributed by atoms with Crippen molar-refractivity contribution in [2.24, 2.45) is 0 Å². The number of unbranched alkanes of at least 4 members (excludes halogenated alkanes) is 1. The molecule has 0 saturated carbocycles. The van der Waals surface area contributed by atoms with Crippen LogP contribution in [-0.4, -0.2) is 27.5 Å². The van der Waals surface area contributed by atoms with E-state index in [2.05, 4.69) is 31.2 Å². The summed E-state index contributed by atoms with van der Waals surface area (Å²) in [6.45, 7) is 3.21. The van der Waals surface area contributed by atoms with Crippen molar-refractivity contribution in [3.63, 3.8) is 0 Å². The molecule has 0 N–H and O–H groups in total. The molecular formula is C13H18OTe. The van der Waals surface area contributed by atoms with E-state index in [4.69, 9.17) is 4.74 Å². The topological polar surface area (TPSA) is 9.23 Å². The molecule has 1 nitrogen and oxygen atoms in total. The van der Waals surface area contributed by atoms with Crippen molar-refractivity contribution in [1.82, 2.24) is 0 Å². The minimum absolute atomic E-state index is 0.228. The van der Waals surface area contributed by atoms with Gasteiger partial charge in [0.1, 0.15) is 0 Å². The first kappa shape index (κ1) is 11.3. The van der Waals surface area contributed by atoms with Gasteiger partial charge in [0.2, 0.25) is 0 Å². The summed E-state index contributed by atoms with van der Waals surface area (Å²) in [6, 6.07) is 8.53. The number of rotatable bonds is 5. The summed E-state index contributed by atoms with van der Waals surface area (Å²) in [7, 11) is 0. The normalized spacial score (nSPS) is 18.6. The number of hydrogen-bond donors (Lipinski definition) is 0. The molecule has 0 aromatic heterocycles.